The van der Waals surface area contributed by atoms with Gasteiger partial charge in [0.05, 0.1) is 56.4 Å². The van der Waals surface area contributed by atoms with Gasteiger partial charge < -0.3 is 42.6 Å². The number of hydrogen-bond donors (Lipinski definition) is 0. The second-order valence-electron chi connectivity index (χ2n) is 40.3. The minimum Gasteiger partial charge on any atom is -0.457 e. The van der Waals surface area contributed by atoms with Crippen molar-refractivity contribution in [1.82, 2.24) is 28.7 Å². The summed E-state index contributed by atoms with van der Waals surface area (Å²) in [7, 11) is 0. The van der Waals surface area contributed by atoms with E-state index >= 15 is 0 Å². The summed E-state index contributed by atoms with van der Waals surface area (Å²) in [4.78, 5) is 20.7. The highest BCUT2D eigenvalue weighted by Gasteiger charge is 2.39. The zero-order valence-electron chi connectivity index (χ0n) is 83.8. The van der Waals surface area contributed by atoms with Crippen LogP contribution in [-0.4, -0.2) is 28.7 Å². The summed E-state index contributed by atoms with van der Waals surface area (Å²) in [5.41, 5.74) is 35.3. The summed E-state index contributed by atoms with van der Waals surface area (Å²) >= 11 is 0. The van der Waals surface area contributed by atoms with E-state index in [2.05, 4.69) is 517 Å². The van der Waals surface area contributed by atoms with E-state index in [1.165, 1.54) is 115 Å². The number of anilines is 9. The fraction of sp³-hybridized carbons (Fsp3) is 0.0652. The molecule has 0 saturated heterocycles. The lowest BCUT2D eigenvalue weighted by Gasteiger charge is -2.35. The van der Waals surface area contributed by atoms with Gasteiger partial charge in [-0.05, 0) is 235 Å². The Hall–Kier alpha value is -19.2. The topological polar surface area (TPSA) is 90.9 Å². The molecule has 0 saturated carbocycles. The van der Waals surface area contributed by atoms with Crippen LogP contribution in [0.1, 0.15) is 74.9 Å². The molecule has 0 atom stereocenters. The third-order valence-electron chi connectivity index (χ3n) is 30.3. The Balaban J connectivity index is 0.000000114. The van der Waals surface area contributed by atoms with Gasteiger partial charge in [-0.3, -0.25) is 15.0 Å². The van der Waals surface area contributed by atoms with Gasteiger partial charge in [0, 0.05) is 192 Å². The first kappa shape index (κ1) is 90.8. The molecule has 3 aliphatic rings. The summed E-state index contributed by atoms with van der Waals surface area (Å²) in [5.74, 6) is 5.38. The Morgan fingerprint density at radius 2 is 0.473 bits per heavy atom. The predicted octanol–water partition coefficient (Wildman–Crippen LogP) is 36.9. The molecule has 0 amide bonds. The highest BCUT2D eigenvalue weighted by atomic mass is 16.5. The molecule has 0 aliphatic carbocycles. The molecular formula is C138H103N9O3. The van der Waals surface area contributed by atoms with Crippen LogP contribution < -0.4 is 28.9 Å². The molecular weight excluding hydrogens is 1830 g/mol. The van der Waals surface area contributed by atoms with Gasteiger partial charge in [-0.1, -0.05) is 302 Å². The summed E-state index contributed by atoms with van der Waals surface area (Å²) < 4.78 is 26.6. The van der Waals surface area contributed by atoms with Crippen LogP contribution in [0.4, 0.5) is 51.2 Å². The van der Waals surface area contributed by atoms with Gasteiger partial charge in [0.1, 0.15) is 34.5 Å². The second kappa shape index (κ2) is 37.5. The minimum atomic E-state index is -0.186. The van der Waals surface area contributed by atoms with Crippen molar-refractivity contribution in [3.63, 3.8) is 0 Å². The molecule has 0 bridgehead atoms. The summed E-state index contributed by atoms with van der Waals surface area (Å²) in [6.07, 6.45) is 7.49. The summed E-state index contributed by atoms with van der Waals surface area (Å²) in [5, 5.41) is 7.42. The van der Waals surface area contributed by atoms with Crippen molar-refractivity contribution < 1.29 is 14.2 Å². The van der Waals surface area contributed by atoms with Gasteiger partial charge in [-0.15, -0.1) is 0 Å². The number of fused-ring (bicyclic) bond motifs is 15. The number of para-hydroxylation sites is 10. The molecule has 28 rings (SSSR count). The van der Waals surface area contributed by atoms with E-state index in [0.29, 0.717) is 0 Å². The van der Waals surface area contributed by atoms with E-state index in [-0.39, 0.29) is 16.2 Å². The van der Waals surface area contributed by atoms with Gasteiger partial charge in [0.25, 0.3) is 0 Å². The zero-order valence-corrected chi connectivity index (χ0v) is 83.8. The van der Waals surface area contributed by atoms with Crippen LogP contribution in [-0.2, 0) is 16.2 Å². The van der Waals surface area contributed by atoms with Gasteiger partial charge in [-0.2, -0.15) is 0 Å². The van der Waals surface area contributed by atoms with Crippen molar-refractivity contribution in [3.8, 4) is 96.3 Å². The average molecular weight is 1940 g/mol. The van der Waals surface area contributed by atoms with Crippen molar-refractivity contribution in [2.24, 2.45) is 0 Å². The zero-order chi connectivity index (χ0) is 101. The van der Waals surface area contributed by atoms with Crippen LogP contribution in [0.25, 0.3) is 127 Å². The van der Waals surface area contributed by atoms with E-state index in [1.807, 2.05) is 79.4 Å². The Morgan fingerprint density at radius 1 is 0.187 bits per heavy atom. The van der Waals surface area contributed by atoms with E-state index < -0.39 is 0 Å². The standard InChI is InChI=1S/C50H37N3O.2C44H33N3O/c1-50(2)43-15-7-9-18-48(43)54-49-33-40(28-29-44(49)50)52(39-26-21-35(22-27-39)45-16-10-11-31-51-45)38-24-19-34(20-25-38)36-23-30-47-42(32-36)41-14-6-8-17-46(41)53(47)37-12-4-3-5-13-37;1-44(2)37-18-10-12-20-42(37)48-43-28-33(22-24-38(43)44)46(31-13-5-3-6-14-31)34-23-25-39(45-29-34)30-21-26-41-36(27-30)35-17-9-11-19-40(35)47(41)32-15-7-4-8-16-32;1-44(2)38-13-7-9-15-42(38)48-43-29-35(21-22-39(43)44)46(34-24-26-45-27-25-34)33-19-16-30(17-20-33)31-18-23-41-37(28-31)36-12-6-8-14-40(36)47(41)32-10-4-3-5-11-32/h3-33H,1-2H3;2*3-29H,1-2H3. The number of hydrogen-bond acceptors (Lipinski definition) is 9. The maximum absolute atomic E-state index is 6.59. The molecule has 9 heterocycles. The Kier molecular flexibility index (Phi) is 22.7. The molecule has 0 radical (unpaired) electrons. The SMILES string of the molecule is CC1(C)c2ccccc2Oc2cc(N(c3ccc(-c4ccc5c(c4)c4ccccc4n5-c4ccccc4)cc3)c3ccc(-c4ccccn4)cc3)ccc21.CC1(C)c2ccccc2Oc2cc(N(c3ccccc3)c3ccc(-c4ccc5c(c4)c4ccccc4n5-c4ccccc4)nc3)ccc21.CC1(C)c2ccccc2Oc2cc(N(c3ccncc3)c3ccc(-c4ccc5c(c4)c4ccccc4n5-c4ccccc4)cc3)ccc21. The monoisotopic (exact) mass is 1930 g/mol. The maximum atomic E-state index is 6.59. The molecule has 0 spiro atoms. The first-order valence-electron chi connectivity index (χ1n) is 51.2. The van der Waals surface area contributed by atoms with Gasteiger partial charge >= 0.3 is 0 Å². The van der Waals surface area contributed by atoms with Crippen LogP contribution >= 0.6 is 0 Å². The fourth-order valence-electron chi connectivity index (χ4n) is 22.8. The van der Waals surface area contributed by atoms with Gasteiger partial charge in [0.15, 0.2) is 0 Å². The number of pyridine rings is 3. The molecule has 0 unspecified atom stereocenters. The van der Waals surface area contributed by atoms with E-state index in [0.717, 1.165) is 131 Å². The molecule has 3 aliphatic heterocycles. The molecule has 12 nitrogen and oxygen atoms in total. The highest BCUT2D eigenvalue weighted by Crippen LogP contribution is 2.55. The third-order valence-corrected chi connectivity index (χ3v) is 30.3. The number of benzene rings is 19. The quantitative estimate of drug-likeness (QED) is 0.0938. The van der Waals surface area contributed by atoms with Crippen molar-refractivity contribution in [3.05, 3.63) is 550 Å². The molecule has 25 aromatic rings. The van der Waals surface area contributed by atoms with E-state index in [9.17, 15) is 0 Å². The van der Waals surface area contributed by atoms with Crippen LogP contribution in [0.3, 0.4) is 0 Å². The normalized spacial score (nSPS) is 13.1. The lowest BCUT2D eigenvalue weighted by atomic mass is 9.76. The molecule has 19 aromatic carbocycles. The Bertz CT molecular complexity index is 9070. The van der Waals surface area contributed by atoms with Crippen molar-refractivity contribution in [2.45, 2.75) is 57.8 Å². The first-order valence-corrected chi connectivity index (χ1v) is 51.2. The van der Waals surface area contributed by atoms with Crippen molar-refractivity contribution in [2.75, 3.05) is 14.7 Å². The fourth-order valence-corrected chi connectivity index (χ4v) is 22.8. The molecule has 6 aromatic heterocycles. The van der Waals surface area contributed by atoms with Crippen molar-refractivity contribution in [1.29, 1.82) is 0 Å². The van der Waals surface area contributed by atoms with E-state index in [1.54, 1.807) is 0 Å². The average Bonchev–Trinajstić information content (AvgIpc) is 0.974. The molecule has 718 valence electrons. The summed E-state index contributed by atoms with van der Waals surface area (Å²) in [6, 6.07) is 174. The van der Waals surface area contributed by atoms with E-state index in [4.69, 9.17) is 19.2 Å². The predicted molar refractivity (Wildman–Crippen MR) is 617 cm³/mol. The Labute approximate surface area is 871 Å². The number of nitrogens with zero attached hydrogens (tertiary/aromatic N) is 9. The maximum Gasteiger partial charge on any atom is 0.133 e. The van der Waals surface area contributed by atoms with Crippen LogP contribution in [0.5, 0.6) is 34.5 Å². The first-order chi connectivity index (χ1) is 73.6. The molecule has 12 heteroatoms. The Morgan fingerprint density at radius 3 is 0.853 bits per heavy atom. The molecule has 0 fully saturated rings. The van der Waals surface area contributed by atoms with Crippen LogP contribution in [0.15, 0.2) is 516 Å². The smallest absolute Gasteiger partial charge is 0.133 e. The molecule has 150 heavy (non-hydrogen) atoms. The number of rotatable bonds is 16. The minimum absolute atomic E-state index is 0.166. The lowest BCUT2D eigenvalue weighted by molar-refractivity contribution is 0.418. The molecule has 0 N–H and O–H groups in total. The number of ether oxygens (including phenoxy) is 3. The highest BCUT2D eigenvalue weighted by molar-refractivity contribution is 6.13. The van der Waals surface area contributed by atoms with Crippen molar-refractivity contribution >= 4 is 117 Å². The second-order valence-corrected chi connectivity index (χ2v) is 40.3. The largest absolute Gasteiger partial charge is 0.457 e. The summed E-state index contributed by atoms with van der Waals surface area (Å²) in [6.45, 7) is 13.6. The lowest BCUT2D eigenvalue weighted by Crippen LogP contribution is -2.24. The third kappa shape index (κ3) is 16.2. The van der Waals surface area contributed by atoms with Crippen LogP contribution in [0, 0.1) is 0 Å². The van der Waals surface area contributed by atoms with Crippen LogP contribution in [0.2, 0.25) is 0 Å². The number of aromatic nitrogens is 6. The van der Waals surface area contributed by atoms with Gasteiger partial charge in [-0.25, -0.2) is 0 Å². The van der Waals surface area contributed by atoms with Gasteiger partial charge in [0.2, 0.25) is 0 Å².